The van der Waals surface area contributed by atoms with Gasteiger partial charge in [-0.05, 0) is 61.8 Å². The number of hydrogen-bond acceptors (Lipinski definition) is 4. The molecule has 2 fully saturated rings. The van der Waals surface area contributed by atoms with Crippen LogP contribution in [0, 0.1) is 39.9 Å². The van der Waals surface area contributed by atoms with Crippen molar-refractivity contribution in [3.8, 4) is 23.7 Å². The lowest BCUT2D eigenvalue weighted by atomic mass is 9.49. The van der Waals surface area contributed by atoms with Crippen LogP contribution in [0.4, 0.5) is 0 Å². The average molecular weight is 502 g/mol. The predicted octanol–water partition coefficient (Wildman–Crippen LogP) is 5.40. The summed E-state index contributed by atoms with van der Waals surface area (Å²) < 4.78 is 6.42. The molecular formula is C30H32ClN3O2. The van der Waals surface area contributed by atoms with Gasteiger partial charge in [0.05, 0.1) is 10.6 Å². The van der Waals surface area contributed by atoms with E-state index in [-0.39, 0.29) is 28.9 Å². The maximum atomic E-state index is 13.5. The number of amides is 1. The first-order chi connectivity index (χ1) is 17.1. The van der Waals surface area contributed by atoms with Gasteiger partial charge in [0.25, 0.3) is 5.91 Å². The summed E-state index contributed by atoms with van der Waals surface area (Å²) in [4.78, 5) is 15.5. The lowest BCUT2D eigenvalue weighted by Gasteiger charge is -2.65. The van der Waals surface area contributed by atoms with E-state index in [0.29, 0.717) is 28.8 Å². The molecule has 0 bridgehead atoms. The number of carbonyl (C=O) groups excluding carboxylic acids is 1. The highest BCUT2D eigenvalue weighted by atomic mass is 35.5. The van der Waals surface area contributed by atoms with E-state index < -0.39 is 0 Å². The number of carbonyl (C=O) groups is 1. The molecule has 0 spiro atoms. The highest BCUT2D eigenvalue weighted by Gasteiger charge is 2.66. The van der Waals surface area contributed by atoms with Gasteiger partial charge in [-0.25, -0.2) is 0 Å². The number of nitrogens with zero attached hydrogens (tertiary/aromatic N) is 2. The molecule has 3 aliphatic rings. The molecule has 0 unspecified atom stereocenters. The summed E-state index contributed by atoms with van der Waals surface area (Å²) in [5, 5.41) is 12.9. The zero-order valence-electron chi connectivity index (χ0n) is 21.3. The highest BCUT2D eigenvalue weighted by molar-refractivity contribution is 6.31. The molecule has 186 valence electrons. The number of fused-ring (bicyclic) bond motifs is 1. The Labute approximate surface area is 218 Å². The molecule has 36 heavy (non-hydrogen) atoms. The minimum absolute atomic E-state index is 0.00743. The van der Waals surface area contributed by atoms with E-state index in [1.54, 1.807) is 18.2 Å². The van der Waals surface area contributed by atoms with Crippen LogP contribution < -0.4 is 10.1 Å². The molecule has 1 aliphatic carbocycles. The number of rotatable bonds is 3. The smallest absolute Gasteiger partial charge is 0.254 e. The molecule has 1 N–H and O–H groups in total. The molecule has 5 nitrogen and oxygen atoms in total. The molecule has 2 aromatic carbocycles. The summed E-state index contributed by atoms with van der Waals surface area (Å²) in [6, 6.07) is 13.3. The fraction of sp³-hybridized carbons (Fsp3) is 0.467. The molecule has 2 aliphatic heterocycles. The topological polar surface area (TPSA) is 65.4 Å². The summed E-state index contributed by atoms with van der Waals surface area (Å²) in [6.07, 6.45) is 2.06. The van der Waals surface area contributed by atoms with E-state index in [0.717, 1.165) is 42.6 Å². The van der Waals surface area contributed by atoms with Crippen molar-refractivity contribution in [2.24, 2.45) is 16.7 Å². The van der Waals surface area contributed by atoms with E-state index in [1.807, 2.05) is 17.0 Å². The predicted molar refractivity (Wildman–Crippen MR) is 141 cm³/mol. The number of hydrogen-bond donors (Lipinski definition) is 1. The van der Waals surface area contributed by atoms with Crippen molar-refractivity contribution in [2.45, 2.75) is 59.2 Å². The molecule has 0 radical (unpaired) electrons. The van der Waals surface area contributed by atoms with Gasteiger partial charge in [-0.3, -0.25) is 4.79 Å². The third-order valence-corrected chi connectivity index (χ3v) is 8.40. The number of benzene rings is 2. The molecule has 1 saturated heterocycles. The summed E-state index contributed by atoms with van der Waals surface area (Å²) in [6.45, 7) is 11.3. The van der Waals surface area contributed by atoms with Crippen LogP contribution in [0.5, 0.6) is 5.75 Å². The molecule has 1 saturated carbocycles. The van der Waals surface area contributed by atoms with Gasteiger partial charge in [0.15, 0.2) is 0 Å². The molecule has 0 atom stereocenters. The van der Waals surface area contributed by atoms with Crippen molar-refractivity contribution in [2.75, 3.05) is 13.1 Å². The zero-order valence-corrected chi connectivity index (χ0v) is 22.1. The molecule has 1 amide bonds. The van der Waals surface area contributed by atoms with Crippen molar-refractivity contribution in [1.29, 1.82) is 5.26 Å². The first kappa shape index (κ1) is 24.7. The molecular weight excluding hydrogens is 470 g/mol. The van der Waals surface area contributed by atoms with Gasteiger partial charge < -0.3 is 15.0 Å². The summed E-state index contributed by atoms with van der Waals surface area (Å²) in [5.74, 6) is 7.94. The van der Waals surface area contributed by atoms with Crippen molar-refractivity contribution >= 4 is 17.5 Å². The monoisotopic (exact) mass is 501 g/mol. The van der Waals surface area contributed by atoms with E-state index in [1.165, 1.54) is 0 Å². The van der Waals surface area contributed by atoms with Crippen LogP contribution in [0.1, 0.15) is 67.6 Å². The van der Waals surface area contributed by atoms with E-state index in [4.69, 9.17) is 21.6 Å². The Kier molecular flexibility index (Phi) is 6.27. The Morgan fingerprint density at radius 1 is 1.08 bits per heavy atom. The van der Waals surface area contributed by atoms with E-state index in [9.17, 15) is 4.79 Å². The second-order valence-electron chi connectivity index (χ2n) is 11.4. The third kappa shape index (κ3) is 4.15. The van der Waals surface area contributed by atoms with Crippen molar-refractivity contribution in [1.82, 2.24) is 10.2 Å². The van der Waals surface area contributed by atoms with Gasteiger partial charge in [0.2, 0.25) is 0 Å². The highest BCUT2D eigenvalue weighted by Crippen LogP contribution is 2.59. The minimum Gasteiger partial charge on any atom is -0.489 e. The van der Waals surface area contributed by atoms with Crippen LogP contribution in [-0.2, 0) is 6.54 Å². The third-order valence-electron chi connectivity index (χ3n) is 8.08. The van der Waals surface area contributed by atoms with Crippen LogP contribution >= 0.6 is 11.6 Å². The zero-order chi connectivity index (χ0) is 25.7. The number of piperidine rings is 1. The number of nitrogens with one attached hydrogen (secondary N) is 1. The second kappa shape index (κ2) is 9.15. The average Bonchev–Trinajstić information content (AvgIpc) is 3.16. The fourth-order valence-corrected chi connectivity index (χ4v) is 7.01. The molecule has 0 aromatic heterocycles. The Bertz CT molecular complexity index is 1290. The molecule has 2 heterocycles. The molecule has 6 heteroatoms. The first-order valence-electron chi connectivity index (χ1n) is 12.7. The first-order valence-corrected chi connectivity index (χ1v) is 13.0. The van der Waals surface area contributed by atoms with Crippen LogP contribution in [0.25, 0.3) is 0 Å². The number of ether oxygens (including phenoxy) is 1. The van der Waals surface area contributed by atoms with Gasteiger partial charge in [-0.2, -0.15) is 5.26 Å². The normalized spacial score (nSPS) is 24.2. The van der Waals surface area contributed by atoms with Crippen LogP contribution in [0.2, 0.25) is 5.02 Å². The Morgan fingerprint density at radius 2 is 1.81 bits per heavy atom. The van der Waals surface area contributed by atoms with Crippen molar-refractivity contribution in [3.63, 3.8) is 0 Å². The Morgan fingerprint density at radius 3 is 2.47 bits per heavy atom. The maximum absolute atomic E-state index is 13.5. The number of nitriles is 1. The van der Waals surface area contributed by atoms with Crippen LogP contribution in [-0.4, -0.2) is 36.0 Å². The quantitative estimate of drug-likeness (QED) is 0.572. The second-order valence-corrected chi connectivity index (χ2v) is 11.8. The lowest BCUT2D eigenvalue weighted by Crippen LogP contribution is -2.74. The van der Waals surface area contributed by atoms with Gasteiger partial charge in [0.1, 0.15) is 17.9 Å². The fourth-order valence-electron chi connectivity index (χ4n) is 6.79. The minimum atomic E-state index is -0.279. The SMILES string of the molecule is CC1(C)C(Oc2ccc(C#N)c(Cl)c2)C(C)(C)C1N1Cc2cc(C#CC3CCNCC3)ccc2C1=O. The van der Waals surface area contributed by atoms with Crippen LogP contribution in [0.15, 0.2) is 36.4 Å². The summed E-state index contributed by atoms with van der Waals surface area (Å²) in [7, 11) is 0. The largest absolute Gasteiger partial charge is 0.489 e. The van der Waals surface area contributed by atoms with Crippen molar-refractivity contribution < 1.29 is 9.53 Å². The standard InChI is InChI=1S/C30H32ClN3O2/c1-29(2)27(30(3,4)28(29)36-23-9-8-21(17-32)25(31)16-23)34-18-22-15-20(7-10-24(22)26(34)35)6-5-19-11-13-33-14-12-19/h7-10,15-16,19,27-28,33H,11-14,18H2,1-4H3. The van der Waals surface area contributed by atoms with Gasteiger partial charge in [-0.15, -0.1) is 0 Å². The number of halogens is 1. The van der Waals surface area contributed by atoms with E-state index >= 15 is 0 Å². The van der Waals surface area contributed by atoms with Crippen molar-refractivity contribution in [3.05, 3.63) is 63.7 Å². The van der Waals surface area contributed by atoms with E-state index in [2.05, 4.69) is 57.0 Å². The molecule has 2 aromatic rings. The maximum Gasteiger partial charge on any atom is 0.254 e. The Balaban J connectivity index is 1.34. The van der Waals surface area contributed by atoms with Gasteiger partial charge >= 0.3 is 0 Å². The summed E-state index contributed by atoms with van der Waals surface area (Å²) in [5.41, 5.74) is 2.67. The Hall–Kier alpha value is -2.99. The lowest BCUT2D eigenvalue weighted by molar-refractivity contribution is -0.199. The summed E-state index contributed by atoms with van der Waals surface area (Å²) >= 11 is 6.23. The van der Waals surface area contributed by atoms with Gasteiger partial charge in [-0.1, -0.05) is 51.1 Å². The van der Waals surface area contributed by atoms with Crippen LogP contribution in [0.3, 0.4) is 0 Å². The molecule has 5 rings (SSSR count). The van der Waals surface area contributed by atoms with Gasteiger partial charge in [0, 0.05) is 46.5 Å².